The van der Waals surface area contributed by atoms with Crippen molar-refractivity contribution in [3.8, 4) is 11.4 Å². The Morgan fingerprint density at radius 1 is 1.07 bits per heavy atom. The van der Waals surface area contributed by atoms with Crippen LogP contribution in [-0.4, -0.2) is 33.0 Å². The summed E-state index contributed by atoms with van der Waals surface area (Å²) in [7, 11) is 0. The van der Waals surface area contributed by atoms with Crippen molar-refractivity contribution in [3.05, 3.63) is 59.4 Å². The monoisotopic (exact) mass is 396 g/mol. The van der Waals surface area contributed by atoms with E-state index in [2.05, 4.69) is 15.5 Å². The molecule has 0 saturated heterocycles. The maximum atomic E-state index is 12.5. The molecule has 0 fully saturated rings. The summed E-state index contributed by atoms with van der Waals surface area (Å²) in [5.74, 6) is 1.77. The van der Waals surface area contributed by atoms with Gasteiger partial charge in [0.15, 0.2) is 5.16 Å². The lowest BCUT2D eigenvalue weighted by atomic mass is 10.1. The molecular formula is C21H24N4O2S. The van der Waals surface area contributed by atoms with Crippen LogP contribution in [0.25, 0.3) is 5.69 Å². The fraction of sp³-hybridized carbons (Fsp3) is 0.286. The summed E-state index contributed by atoms with van der Waals surface area (Å²) in [6.07, 6.45) is 0. The molecule has 146 valence electrons. The third kappa shape index (κ3) is 4.54. The van der Waals surface area contributed by atoms with Gasteiger partial charge in [0.2, 0.25) is 5.91 Å². The van der Waals surface area contributed by atoms with E-state index < -0.39 is 0 Å². The number of benzene rings is 2. The topological polar surface area (TPSA) is 69.0 Å². The molecule has 0 aliphatic rings. The van der Waals surface area contributed by atoms with Gasteiger partial charge >= 0.3 is 0 Å². The van der Waals surface area contributed by atoms with E-state index in [1.807, 2.05) is 74.7 Å². The van der Waals surface area contributed by atoms with Crippen molar-refractivity contribution >= 4 is 23.4 Å². The van der Waals surface area contributed by atoms with Gasteiger partial charge in [0.05, 0.1) is 12.4 Å². The van der Waals surface area contributed by atoms with Gasteiger partial charge in [-0.2, -0.15) is 0 Å². The zero-order chi connectivity index (χ0) is 20.1. The van der Waals surface area contributed by atoms with Gasteiger partial charge in [0.25, 0.3) is 0 Å². The van der Waals surface area contributed by atoms with Crippen LogP contribution in [0.1, 0.15) is 23.9 Å². The minimum absolute atomic E-state index is 0.0682. The lowest BCUT2D eigenvalue weighted by Gasteiger charge is -2.12. The van der Waals surface area contributed by atoms with Crippen LogP contribution in [0.15, 0.2) is 47.6 Å². The number of aromatic nitrogens is 3. The molecule has 1 aromatic heterocycles. The average molecular weight is 397 g/mol. The Morgan fingerprint density at radius 3 is 2.39 bits per heavy atom. The first kappa shape index (κ1) is 19.9. The van der Waals surface area contributed by atoms with Crippen LogP contribution < -0.4 is 10.1 Å². The molecule has 2 aromatic carbocycles. The van der Waals surface area contributed by atoms with Gasteiger partial charge in [-0.1, -0.05) is 30.0 Å². The molecule has 1 amide bonds. The number of nitrogens with one attached hydrogen (secondary N) is 1. The maximum absolute atomic E-state index is 12.5. The highest BCUT2D eigenvalue weighted by molar-refractivity contribution is 7.99. The van der Waals surface area contributed by atoms with Crippen molar-refractivity contribution < 1.29 is 9.53 Å². The molecule has 7 heteroatoms. The van der Waals surface area contributed by atoms with E-state index in [1.54, 1.807) is 0 Å². The van der Waals surface area contributed by atoms with Gasteiger partial charge in [0.1, 0.15) is 11.6 Å². The van der Waals surface area contributed by atoms with E-state index in [1.165, 1.54) is 11.8 Å². The van der Waals surface area contributed by atoms with Gasteiger partial charge < -0.3 is 10.1 Å². The summed E-state index contributed by atoms with van der Waals surface area (Å²) in [4.78, 5) is 12.5. The molecule has 0 saturated carbocycles. The Morgan fingerprint density at radius 2 is 1.75 bits per heavy atom. The highest BCUT2D eigenvalue weighted by atomic mass is 32.2. The molecule has 0 bridgehead atoms. The van der Waals surface area contributed by atoms with Gasteiger partial charge in [-0.3, -0.25) is 9.36 Å². The number of carbonyl (C=O) groups is 1. The van der Waals surface area contributed by atoms with Gasteiger partial charge in [-0.15, -0.1) is 10.2 Å². The number of carbonyl (C=O) groups excluding carboxylic acids is 1. The summed E-state index contributed by atoms with van der Waals surface area (Å²) in [6, 6.07) is 13.7. The SMILES string of the molecule is CCOc1ccc(-n2c(C)nnc2SCC(=O)Nc2c(C)cccc2C)cc1. The van der Waals surface area contributed by atoms with E-state index in [0.717, 1.165) is 34.1 Å². The van der Waals surface area contributed by atoms with Crippen LogP contribution in [0.5, 0.6) is 5.75 Å². The Bertz CT molecular complexity index is 947. The van der Waals surface area contributed by atoms with Crippen LogP contribution in [0.2, 0.25) is 0 Å². The number of rotatable bonds is 7. The van der Waals surface area contributed by atoms with Gasteiger partial charge in [-0.25, -0.2) is 0 Å². The second kappa shape index (κ2) is 8.93. The second-order valence-electron chi connectivity index (χ2n) is 6.40. The molecule has 1 heterocycles. The molecule has 1 N–H and O–H groups in total. The maximum Gasteiger partial charge on any atom is 0.234 e. The molecule has 0 spiro atoms. The van der Waals surface area contributed by atoms with E-state index in [4.69, 9.17) is 4.74 Å². The molecule has 3 rings (SSSR count). The summed E-state index contributed by atoms with van der Waals surface area (Å²) >= 11 is 1.36. The molecule has 0 unspecified atom stereocenters. The summed E-state index contributed by atoms with van der Waals surface area (Å²) in [6.45, 7) is 8.45. The largest absolute Gasteiger partial charge is 0.494 e. The fourth-order valence-electron chi connectivity index (χ4n) is 2.91. The highest BCUT2D eigenvalue weighted by Gasteiger charge is 2.14. The first-order valence-electron chi connectivity index (χ1n) is 9.13. The van der Waals surface area contributed by atoms with Crippen LogP contribution in [0.3, 0.4) is 0 Å². The second-order valence-corrected chi connectivity index (χ2v) is 7.34. The number of ether oxygens (including phenoxy) is 1. The number of thioether (sulfide) groups is 1. The zero-order valence-corrected chi connectivity index (χ0v) is 17.3. The van der Waals surface area contributed by atoms with Gasteiger partial charge in [0, 0.05) is 11.4 Å². The van der Waals surface area contributed by atoms with Crippen LogP contribution in [0, 0.1) is 20.8 Å². The molecule has 0 radical (unpaired) electrons. The molecule has 3 aromatic rings. The number of anilines is 1. The third-order valence-corrected chi connectivity index (χ3v) is 5.21. The molecular weight excluding hydrogens is 372 g/mol. The highest BCUT2D eigenvalue weighted by Crippen LogP contribution is 2.24. The Hall–Kier alpha value is -2.80. The number of hydrogen-bond acceptors (Lipinski definition) is 5. The smallest absolute Gasteiger partial charge is 0.234 e. The first-order chi connectivity index (χ1) is 13.5. The van der Waals surface area contributed by atoms with Crippen molar-refractivity contribution in [3.63, 3.8) is 0 Å². The van der Waals surface area contributed by atoms with E-state index in [9.17, 15) is 4.79 Å². The van der Waals surface area contributed by atoms with Gasteiger partial charge in [-0.05, 0) is 63.1 Å². The van der Waals surface area contributed by atoms with Crippen LogP contribution in [-0.2, 0) is 4.79 Å². The minimum Gasteiger partial charge on any atom is -0.494 e. The van der Waals surface area contributed by atoms with Crippen LogP contribution in [0.4, 0.5) is 5.69 Å². The van der Waals surface area contributed by atoms with Crippen molar-refractivity contribution in [1.29, 1.82) is 0 Å². The standard InChI is InChI=1S/C21H24N4O2S/c1-5-27-18-11-9-17(10-12-18)25-16(4)23-24-21(25)28-13-19(26)22-20-14(2)7-6-8-15(20)3/h6-12H,5,13H2,1-4H3,(H,22,26). The third-order valence-electron chi connectivity index (χ3n) is 4.28. The van der Waals surface area contributed by atoms with Crippen LogP contribution >= 0.6 is 11.8 Å². The first-order valence-corrected chi connectivity index (χ1v) is 10.1. The summed E-state index contributed by atoms with van der Waals surface area (Å²) in [5.41, 5.74) is 3.90. The van der Waals surface area contributed by atoms with Crippen molar-refractivity contribution in [2.24, 2.45) is 0 Å². The number of amides is 1. The fourth-order valence-corrected chi connectivity index (χ4v) is 3.71. The Balaban J connectivity index is 1.71. The summed E-state index contributed by atoms with van der Waals surface area (Å²) < 4.78 is 7.43. The number of aryl methyl sites for hydroxylation is 3. The molecule has 0 atom stereocenters. The molecule has 0 aliphatic heterocycles. The number of hydrogen-bond donors (Lipinski definition) is 1. The van der Waals surface area contributed by atoms with E-state index >= 15 is 0 Å². The summed E-state index contributed by atoms with van der Waals surface area (Å²) in [5, 5.41) is 12.1. The minimum atomic E-state index is -0.0682. The van der Waals surface area contributed by atoms with E-state index in [-0.39, 0.29) is 11.7 Å². The molecule has 28 heavy (non-hydrogen) atoms. The average Bonchev–Trinajstić information content (AvgIpc) is 3.05. The van der Waals surface area contributed by atoms with E-state index in [0.29, 0.717) is 11.8 Å². The molecule has 6 nitrogen and oxygen atoms in total. The zero-order valence-electron chi connectivity index (χ0n) is 16.5. The predicted octanol–water partition coefficient (Wildman–Crippen LogP) is 4.32. The normalized spacial score (nSPS) is 10.7. The van der Waals surface area contributed by atoms with Crippen molar-refractivity contribution in [2.75, 3.05) is 17.7 Å². The lowest BCUT2D eigenvalue weighted by Crippen LogP contribution is -2.16. The quantitative estimate of drug-likeness (QED) is 0.602. The Labute approximate surface area is 169 Å². The van der Waals surface area contributed by atoms with Crippen molar-refractivity contribution in [2.45, 2.75) is 32.9 Å². The van der Waals surface area contributed by atoms with Crippen molar-refractivity contribution in [1.82, 2.24) is 14.8 Å². The predicted molar refractivity (Wildman–Crippen MR) is 113 cm³/mol. The number of nitrogens with zero attached hydrogens (tertiary/aromatic N) is 3. The number of para-hydroxylation sites is 1. The lowest BCUT2D eigenvalue weighted by molar-refractivity contribution is -0.113. The Kier molecular flexibility index (Phi) is 6.36. The molecule has 0 aliphatic carbocycles.